The number of ketones is 2. The molecule has 1 heterocycles. The Morgan fingerprint density at radius 2 is 1.81 bits per heavy atom. The molecule has 0 spiro atoms. The Hall–Kier alpha value is -3.05. The van der Waals surface area contributed by atoms with Crippen molar-refractivity contribution in [2.24, 2.45) is 16.2 Å². The summed E-state index contributed by atoms with van der Waals surface area (Å²) in [5, 5.41) is 2.89. The number of benzene rings is 2. The smallest absolute Gasteiger partial charge is 0.286 e. The van der Waals surface area contributed by atoms with E-state index in [0.29, 0.717) is 23.5 Å². The third kappa shape index (κ3) is 4.24. The van der Waals surface area contributed by atoms with Gasteiger partial charge in [0.2, 0.25) is 10.0 Å². The minimum Gasteiger partial charge on any atom is -0.341 e. The number of nitrogens with one attached hydrogen (secondary N) is 2. The van der Waals surface area contributed by atoms with Gasteiger partial charge in [0.05, 0.1) is 17.4 Å². The standard InChI is InChI=1S/C25H27N3O6S2/c1-25(14-15-7-3-4-8-15)18-10-6-5-9-17(18)22(29)21(23(25)30)24-26-19-12-11-16(27-35(2,31)32)13-20(19)36(33,34)28-24/h5-6,9-13,15,21,27H,3-4,7-8,14H2,1-2H3,(H,26,28). The lowest BCUT2D eigenvalue weighted by molar-refractivity contribution is -0.126. The normalized spacial score (nSPS) is 25.5. The molecule has 5 rings (SSSR count). The second-order valence-corrected chi connectivity index (χ2v) is 13.4. The molecule has 0 amide bonds. The van der Waals surface area contributed by atoms with Gasteiger partial charge in [0, 0.05) is 11.3 Å². The van der Waals surface area contributed by atoms with Gasteiger partial charge in [-0.2, -0.15) is 8.42 Å². The van der Waals surface area contributed by atoms with E-state index >= 15 is 0 Å². The molecule has 0 radical (unpaired) electrons. The van der Waals surface area contributed by atoms with Crippen molar-refractivity contribution < 1.29 is 26.4 Å². The first-order valence-corrected chi connectivity index (χ1v) is 15.1. The van der Waals surface area contributed by atoms with Crippen LogP contribution in [0.2, 0.25) is 0 Å². The molecule has 1 saturated carbocycles. The largest absolute Gasteiger partial charge is 0.341 e. The van der Waals surface area contributed by atoms with Gasteiger partial charge in [-0.25, -0.2) is 8.42 Å². The third-order valence-electron chi connectivity index (χ3n) is 7.34. The molecule has 2 aromatic rings. The van der Waals surface area contributed by atoms with Crippen molar-refractivity contribution in [2.75, 3.05) is 16.3 Å². The molecule has 11 heteroatoms. The fourth-order valence-electron chi connectivity index (χ4n) is 5.74. The van der Waals surface area contributed by atoms with Crippen LogP contribution < -0.4 is 10.0 Å². The minimum atomic E-state index is -4.32. The van der Waals surface area contributed by atoms with Crippen LogP contribution in [0.3, 0.4) is 0 Å². The fraction of sp³-hybridized carbons (Fsp3) is 0.400. The first-order valence-electron chi connectivity index (χ1n) is 11.8. The average molecular weight is 530 g/mol. The monoisotopic (exact) mass is 529 g/mol. The van der Waals surface area contributed by atoms with Gasteiger partial charge in [-0.1, -0.05) is 49.9 Å². The van der Waals surface area contributed by atoms with Crippen molar-refractivity contribution in [3.8, 4) is 0 Å². The van der Waals surface area contributed by atoms with Crippen molar-refractivity contribution >= 4 is 48.8 Å². The van der Waals surface area contributed by atoms with Crippen molar-refractivity contribution in [3.63, 3.8) is 0 Å². The summed E-state index contributed by atoms with van der Waals surface area (Å²) in [5.74, 6) is -2.11. The Labute approximate surface area is 210 Å². The zero-order valence-electron chi connectivity index (χ0n) is 19.9. The topological polar surface area (TPSA) is 139 Å². The molecule has 9 nitrogen and oxygen atoms in total. The second-order valence-electron chi connectivity index (χ2n) is 10.1. The van der Waals surface area contributed by atoms with Gasteiger partial charge in [0.1, 0.15) is 16.6 Å². The maximum Gasteiger partial charge on any atom is 0.286 e. The summed E-state index contributed by atoms with van der Waals surface area (Å²) < 4.78 is 55.4. The van der Waals surface area contributed by atoms with Crippen LogP contribution in [-0.4, -0.2) is 40.5 Å². The lowest BCUT2D eigenvalue weighted by Crippen LogP contribution is -2.52. The summed E-state index contributed by atoms with van der Waals surface area (Å²) in [5.41, 5.74) is 0.309. The highest BCUT2D eigenvalue weighted by molar-refractivity contribution is 7.92. The van der Waals surface area contributed by atoms with Crippen LogP contribution in [0, 0.1) is 11.8 Å². The first-order chi connectivity index (χ1) is 16.9. The lowest BCUT2D eigenvalue weighted by Gasteiger charge is -2.40. The number of amidine groups is 1. The highest BCUT2D eigenvalue weighted by Crippen LogP contribution is 2.45. The van der Waals surface area contributed by atoms with Crippen molar-refractivity contribution in [3.05, 3.63) is 53.6 Å². The van der Waals surface area contributed by atoms with E-state index in [0.717, 1.165) is 38.0 Å². The Bertz CT molecular complexity index is 1520. The molecule has 0 aromatic heterocycles. The summed E-state index contributed by atoms with van der Waals surface area (Å²) >= 11 is 0. The molecule has 3 aliphatic rings. The van der Waals surface area contributed by atoms with Crippen molar-refractivity contribution in [2.45, 2.75) is 49.3 Å². The fourth-order valence-corrected chi connectivity index (χ4v) is 7.47. The van der Waals surface area contributed by atoms with E-state index in [1.165, 1.54) is 12.1 Å². The van der Waals surface area contributed by atoms with E-state index in [-0.39, 0.29) is 27.9 Å². The maximum atomic E-state index is 14.0. The maximum absolute atomic E-state index is 14.0. The number of nitrogens with zero attached hydrogens (tertiary/aromatic N) is 1. The van der Waals surface area contributed by atoms with E-state index in [1.54, 1.807) is 12.1 Å². The molecule has 190 valence electrons. The van der Waals surface area contributed by atoms with E-state index in [2.05, 4.69) is 14.4 Å². The number of anilines is 2. The Kier molecular flexibility index (Phi) is 5.83. The summed E-state index contributed by atoms with van der Waals surface area (Å²) in [6.45, 7) is 1.85. The molecule has 0 saturated heterocycles. The van der Waals surface area contributed by atoms with Crippen molar-refractivity contribution in [1.82, 2.24) is 0 Å². The highest BCUT2D eigenvalue weighted by Gasteiger charge is 2.52. The van der Waals surface area contributed by atoms with Gasteiger partial charge in [-0.15, -0.1) is 4.40 Å². The SMILES string of the molecule is CC1(CC2CCCC2)C(=O)C(C2=NS(=O)(=O)c3cc(NS(C)(=O)=O)ccc3N2)C(=O)c2ccccc21. The first kappa shape index (κ1) is 24.6. The zero-order valence-corrected chi connectivity index (χ0v) is 21.6. The molecule has 36 heavy (non-hydrogen) atoms. The highest BCUT2D eigenvalue weighted by atomic mass is 32.2. The molecule has 2 aliphatic carbocycles. The second kappa shape index (κ2) is 8.52. The molecule has 2 unspecified atom stereocenters. The summed E-state index contributed by atoms with van der Waals surface area (Å²) in [4.78, 5) is 27.4. The van der Waals surface area contributed by atoms with Crippen LogP contribution in [0.15, 0.2) is 51.8 Å². The van der Waals surface area contributed by atoms with Gasteiger partial charge in [-0.05, 0) is 43.0 Å². The van der Waals surface area contributed by atoms with Crippen LogP contribution in [0.1, 0.15) is 54.9 Å². The number of carbonyl (C=O) groups excluding carboxylic acids is 2. The predicted octanol–water partition coefficient (Wildman–Crippen LogP) is 3.49. The molecule has 2 aromatic carbocycles. The molecule has 2 N–H and O–H groups in total. The number of rotatable bonds is 5. The van der Waals surface area contributed by atoms with E-state index in [4.69, 9.17) is 0 Å². The van der Waals surface area contributed by atoms with Gasteiger partial charge in [0.25, 0.3) is 10.0 Å². The number of hydrogen-bond donors (Lipinski definition) is 2. The minimum absolute atomic E-state index is 0.0585. The van der Waals surface area contributed by atoms with Crippen LogP contribution in [0.4, 0.5) is 11.4 Å². The Morgan fingerprint density at radius 3 is 2.50 bits per heavy atom. The average Bonchev–Trinajstić information content (AvgIpc) is 3.30. The number of carbonyl (C=O) groups is 2. The van der Waals surface area contributed by atoms with Crippen LogP contribution in [0.5, 0.6) is 0 Å². The summed E-state index contributed by atoms with van der Waals surface area (Å²) in [6.07, 6.45) is 5.81. The quantitative estimate of drug-likeness (QED) is 0.565. The number of Topliss-reactive ketones (excluding diaryl/α,β-unsaturated/α-hetero) is 2. The lowest BCUT2D eigenvalue weighted by atomic mass is 9.62. The van der Waals surface area contributed by atoms with Crippen LogP contribution >= 0.6 is 0 Å². The van der Waals surface area contributed by atoms with Gasteiger partial charge in [0.15, 0.2) is 11.6 Å². The molecule has 0 bridgehead atoms. The van der Waals surface area contributed by atoms with Crippen molar-refractivity contribution in [1.29, 1.82) is 0 Å². The zero-order chi connectivity index (χ0) is 25.9. The Balaban J connectivity index is 1.57. The molecular formula is C25H27N3O6S2. The van der Waals surface area contributed by atoms with E-state index in [1.807, 2.05) is 19.1 Å². The van der Waals surface area contributed by atoms with Gasteiger partial charge in [-0.3, -0.25) is 14.3 Å². The van der Waals surface area contributed by atoms with E-state index in [9.17, 15) is 26.4 Å². The predicted molar refractivity (Wildman–Crippen MR) is 136 cm³/mol. The van der Waals surface area contributed by atoms with Crippen LogP contribution in [0.25, 0.3) is 0 Å². The summed E-state index contributed by atoms with van der Waals surface area (Å²) in [6, 6.07) is 11.0. The summed E-state index contributed by atoms with van der Waals surface area (Å²) in [7, 11) is -7.94. The third-order valence-corrected chi connectivity index (χ3v) is 9.28. The molecule has 1 aliphatic heterocycles. The Morgan fingerprint density at radius 1 is 1.11 bits per heavy atom. The van der Waals surface area contributed by atoms with Gasteiger partial charge < -0.3 is 5.32 Å². The molecule has 2 atom stereocenters. The van der Waals surface area contributed by atoms with E-state index < -0.39 is 37.2 Å². The molecule has 1 fully saturated rings. The molecular weight excluding hydrogens is 502 g/mol. The number of sulfonamides is 2. The number of hydrogen-bond acceptors (Lipinski definition) is 7. The van der Waals surface area contributed by atoms with Crippen LogP contribution in [-0.2, 0) is 30.3 Å². The van der Waals surface area contributed by atoms with Gasteiger partial charge >= 0.3 is 0 Å². The number of fused-ring (bicyclic) bond motifs is 2.